The van der Waals surface area contributed by atoms with Gasteiger partial charge in [-0.3, -0.25) is 0 Å². The Morgan fingerprint density at radius 3 is 2.94 bits per heavy atom. The van der Waals surface area contributed by atoms with Crippen LogP contribution >= 0.6 is 0 Å². The normalized spacial score (nSPS) is 10.1. The minimum atomic E-state index is -1.19. The fraction of sp³-hybridized carbons (Fsp3) is 0.100. The Balaban J connectivity index is 2.92. The molecule has 0 aromatic heterocycles. The third kappa shape index (κ3) is 3.43. The lowest BCUT2D eigenvalue weighted by molar-refractivity contribution is 0.0696. The van der Waals surface area contributed by atoms with E-state index in [-0.39, 0.29) is 12.1 Å². The third-order valence-electron chi connectivity index (χ3n) is 1.73. The summed E-state index contributed by atoms with van der Waals surface area (Å²) in [5, 5.41) is 11.9. The number of aromatic carboxylic acids is 1. The summed E-state index contributed by atoms with van der Waals surface area (Å²) in [6, 6.07) is 3.46. The molecule has 0 aliphatic heterocycles. The molecular formula is C10H8FN3O2. The molecule has 1 N–H and O–H groups in total. The molecule has 0 unspecified atom stereocenters. The van der Waals surface area contributed by atoms with Gasteiger partial charge >= 0.3 is 5.97 Å². The standard InChI is InChI=1S/C10H8FN3O2/c11-9-5-7(2-1-3-13-14-12)4-8(6-9)10(15)16/h1-2,4-6H,3H2,(H,15,16). The Morgan fingerprint density at radius 2 is 2.31 bits per heavy atom. The summed E-state index contributed by atoms with van der Waals surface area (Å²) in [6.07, 6.45) is 3.00. The van der Waals surface area contributed by atoms with Crippen LogP contribution in [0.2, 0.25) is 0 Å². The van der Waals surface area contributed by atoms with Crippen molar-refractivity contribution in [2.24, 2.45) is 5.11 Å². The van der Waals surface area contributed by atoms with Crippen LogP contribution in [0, 0.1) is 5.82 Å². The van der Waals surface area contributed by atoms with Crippen LogP contribution < -0.4 is 0 Å². The minimum Gasteiger partial charge on any atom is -0.478 e. The molecule has 0 aliphatic carbocycles. The lowest BCUT2D eigenvalue weighted by Gasteiger charge is -1.98. The number of halogens is 1. The summed E-state index contributed by atoms with van der Waals surface area (Å²) in [4.78, 5) is 13.2. The molecule has 1 aromatic rings. The maximum Gasteiger partial charge on any atom is 0.335 e. The van der Waals surface area contributed by atoms with E-state index in [9.17, 15) is 9.18 Å². The fourth-order valence-electron chi connectivity index (χ4n) is 1.10. The molecule has 1 rings (SSSR count). The zero-order valence-electron chi connectivity index (χ0n) is 8.17. The van der Waals surface area contributed by atoms with Crippen LogP contribution in [-0.4, -0.2) is 17.6 Å². The lowest BCUT2D eigenvalue weighted by atomic mass is 10.1. The molecule has 82 valence electrons. The van der Waals surface area contributed by atoms with E-state index in [1.807, 2.05) is 0 Å². The maximum atomic E-state index is 13.0. The molecule has 0 bridgehead atoms. The Labute approximate surface area is 90.5 Å². The van der Waals surface area contributed by atoms with Crippen molar-refractivity contribution in [3.8, 4) is 0 Å². The van der Waals surface area contributed by atoms with Gasteiger partial charge in [0.15, 0.2) is 0 Å². The molecule has 0 fully saturated rings. The van der Waals surface area contributed by atoms with E-state index >= 15 is 0 Å². The first kappa shape index (κ1) is 11.7. The van der Waals surface area contributed by atoms with E-state index < -0.39 is 11.8 Å². The van der Waals surface area contributed by atoms with Crippen LogP contribution in [0.4, 0.5) is 4.39 Å². The molecule has 0 atom stereocenters. The number of rotatable bonds is 4. The molecule has 0 saturated carbocycles. The number of benzene rings is 1. The molecule has 0 heterocycles. The van der Waals surface area contributed by atoms with Crippen molar-refractivity contribution in [3.05, 3.63) is 51.7 Å². The van der Waals surface area contributed by atoms with Crippen molar-refractivity contribution < 1.29 is 14.3 Å². The van der Waals surface area contributed by atoms with Gasteiger partial charge in [0, 0.05) is 11.5 Å². The molecule has 5 nitrogen and oxygen atoms in total. The Bertz CT molecular complexity index is 479. The monoisotopic (exact) mass is 221 g/mol. The second kappa shape index (κ2) is 5.53. The molecule has 0 radical (unpaired) electrons. The Morgan fingerprint density at radius 1 is 1.56 bits per heavy atom. The van der Waals surface area contributed by atoms with Crippen LogP contribution in [0.25, 0.3) is 16.5 Å². The van der Waals surface area contributed by atoms with Crippen LogP contribution in [0.15, 0.2) is 29.4 Å². The van der Waals surface area contributed by atoms with Gasteiger partial charge in [0.25, 0.3) is 0 Å². The number of carboxylic acids is 1. The zero-order chi connectivity index (χ0) is 12.0. The quantitative estimate of drug-likeness (QED) is 0.481. The first-order valence-corrected chi connectivity index (χ1v) is 4.35. The summed E-state index contributed by atoms with van der Waals surface area (Å²) in [7, 11) is 0. The predicted molar refractivity (Wildman–Crippen MR) is 56.4 cm³/mol. The van der Waals surface area contributed by atoms with Gasteiger partial charge in [-0.2, -0.15) is 0 Å². The summed E-state index contributed by atoms with van der Waals surface area (Å²) in [5.41, 5.74) is 8.30. The Hall–Kier alpha value is -2.33. The highest BCUT2D eigenvalue weighted by molar-refractivity contribution is 5.88. The van der Waals surface area contributed by atoms with Gasteiger partial charge in [-0.1, -0.05) is 17.3 Å². The van der Waals surface area contributed by atoms with Gasteiger partial charge in [0.2, 0.25) is 0 Å². The zero-order valence-corrected chi connectivity index (χ0v) is 8.17. The molecule has 0 amide bonds. The van der Waals surface area contributed by atoms with Crippen LogP contribution in [0.3, 0.4) is 0 Å². The summed E-state index contributed by atoms with van der Waals surface area (Å²) in [5.74, 6) is -1.81. The summed E-state index contributed by atoms with van der Waals surface area (Å²) in [6.45, 7) is 0.134. The number of azide groups is 1. The van der Waals surface area contributed by atoms with Gasteiger partial charge in [0.1, 0.15) is 5.82 Å². The second-order valence-corrected chi connectivity index (χ2v) is 2.89. The maximum absolute atomic E-state index is 13.0. The number of carbonyl (C=O) groups is 1. The molecule has 0 saturated heterocycles. The van der Waals surface area contributed by atoms with Crippen LogP contribution in [-0.2, 0) is 0 Å². The largest absolute Gasteiger partial charge is 0.478 e. The second-order valence-electron chi connectivity index (χ2n) is 2.89. The van der Waals surface area contributed by atoms with E-state index in [0.717, 1.165) is 6.07 Å². The lowest BCUT2D eigenvalue weighted by Crippen LogP contribution is -1.97. The van der Waals surface area contributed by atoms with Crippen molar-refractivity contribution in [1.82, 2.24) is 0 Å². The van der Waals surface area contributed by atoms with E-state index in [1.165, 1.54) is 24.3 Å². The Kier molecular flexibility index (Phi) is 4.06. The van der Waals surface area contributed by atoms with Crippen LogP contribution in [0.5, 0.6) is 0 Å². The van der Waals surface area contributed by atoms with Gasteiger partial charge < -0.3 is 5.11 Å². The molecule has 0 aliphatic rings. The smallest absolute Gasteiger partial charge is 0.335 e. The molecule has 1 aromatic carbocycles. The fourth-order valence-corrected chi connectivity index (χ4v) is 1.10. The summed E-state index contributed by atoms with van der Waals surface area (Å²) >= 11 is 0. The van der Waals surface area contributed by atoms with Gasteiger partial charge in [-0.15, -0.1) is 0 Å². The highest BCUT2D eigenvalue weighted by atomic mass is 19.1. The van der Waals surface area contributed by atoms with Gasteiger partial charge in [-0.25, -0.2) is 9.18 Å². The van der Waals surface area contributed by atoms with E-state index in [1.54, 1.807) is 0 Å². The first-order chi connectivity index (χ1) is 7.63. The highest BCUT2D eigenvalue weighted by Crippen LogP contribution is 2.11. The van der Waals surface area contributed by atoms with E-state index in [2.05, 4.69) is 10.0 Å². The molecule has 16 heavy (non-hydrogen) atoms. The predicted octanol–water partition coefficient (Wildman–Crippen LogP) is 2.85. The van der Waals surface area contributed by atoms with Gasteiger partial charge in [0.05, 0.1) is 5.56 Å². The van der Waals surface area contributed by atoms with Gasteiger partial charge in [-0.05, 0) is 29.3 Å². The number of hydrogen-bond acceptors (Lipinski definition) is 2. The SMILES string of the molecule is [N-]=[N+]=NCC=Cc1cc(F)cc(C(=O)O)c1. The molecular weight excluding hydrogens is 213 g/mol. The van der Waals surface area contributed by atoms with Crippen molar-refractivity contribution in [2.45, 2.75) is 0 Å². The van der Waals surface area contributed by atoms with E-state index in [0.29, 0.717) is 5.56 Å². The van der Waals surface area contributed by atoms with Crippen molar-refractivity contribution in [3.63, 3.8) is 0 Å². The third-order valence-corrected chi connectivity index (χ3v) is 1.73. The number of carboxylic acid groups (broad SMARTS) is 1. The molecule has 0 spiro atoms. The summed E-state index contributed by atoms with van der Waals surface area (Å²) < 4.78 is 13.0. The van der Waals surface area contributed by atoms with Crippen LogP contribution in [0.1, 0.15) is 15.9 Å². The average Bonchev–Trinajstić information content (AvgIpc) is 2.23. The topological polar surface area (TPSA) is 86.1 Å². The van der Waals surface area contributed by atoms with Crippen molar-refractivity contribution in [2.75, 3.05) is 6.54 Å². The van der Waals surface area contributed by atoms with Crippen molar-refractivity contribution >= 4 is 12.0 Å². The average molecular weight is 221 g/mol. The minimum absolute atomic E-state index is 0.122. The highest BCUT2D eigenvalue weighted by Gasteiger charge is 2.05. The number of nitrogens with zero attached hydrogens (tertiary/aromatic N) is 3. The number of hydrogen-bond donors (Lipinski definition) is 1. The first-order valence-electron chi connectivity index (χ1n) is 4.35. The molecule has 6 heteroatoms. The van der Waals surface area contributed by atoms with E-state index in [4.69, 9.17) is 10.6 Å². The van der Waals surface area contributed by atoms with Crippen molar-refractivity contribution in [1.29, 1.82) is 0 Å².